The molecule has 6 heteroatoms. The second-order valence-electron chi connectivity index (χ2n) is 27.7. The highest BCUT2D eigenvalue weighted by Gasteiger charge is 2.48. The Bertz CT molecular complexity index is 4900. The number of aryl methyl sites for hydroxylation is 2. The molecule has 0 saturated heterocycles. The van der Waals surface area contributed by atoms with Gasteiger partial charge in [-0.25, -0.2) is 0 Å². The molecule has 6 heterocycles. The number of benzene rings is 12. The summed E-state index contributed by atoms with van der Waals surface area (Å²) in [5, 5.41) is 2.58. The van der Waals surface area contributed by atoms with Gasteiger partial charge in [0.1, 0.15) is 0 Å². The van der Waals surface area contributed by atoms with Crippen LogP contribution in [0.5, 0.6) is 0 Å². The summed E-state index contributed by atoms with van der Waals surface area (Å²) in [7, 11) is 0. The number of hydrogen-bond donors (Lipinski definition) is 0. The van der Waals surface area contributed by atoms with E-state index < -0.39 is 0 Å². The van der Waals surface area contributed by atoms with Crippen LogP contribution in [0.4, 0.5) is 34.1 Å². The van der Waals surface area contributed by atoms with Crippen molar-refractivity contribution in [3.8, 4) is 66.8 Å². The first-order valence-electron chi connectivity index (χ1n) is 32.0. The Labute approximate surface area is 528 Å². The first-order valence-corrected chi connectivity index (χ1v) is 32.0. The van der Waals surface area contributed by atoms with Crippen molar-refractivity contribution in [2.45, 2.75) is 66.2 Å². The van der Waals surface area contributed by atoms with Crippen molar-refractivity contribution in [2.24, 2.45) is 0 Å². The third-order valence-electron chi connectivity index (χ3n) is 20.4. The number of hydrogen-bond acceptors (Lipinski definition) is 2. The molecule has 0 radical (unpaired) electrons. The Hall–Kier alpha value is -10.3. The first kappa shape index (κ1) is 52.8. The van der Waals surface area contributed by atoms with Gasteiger partial charge in [0.25, 0.3) is 0 Å². The molecule has 428 valence electrons. The lowest BCUT2D eigenvalue weighted by molar-refractivity contribution is 0.590. The maximum atomic E-state index is 2.83. The lowest BCUT2D eigenvalue weighted by atomic mass is 9.44. The van der Waals surface area contributed by atoms with E-state index in [2.05, 4.69) is 329 Å². The predicted molar refractivity (Wildman–Crippen MR) is 385 cm³/mol. The van der Waals surface area contributed by atoms with Crippen molar-refractivity contribution in [1.82, 2.24) is 8.96 Å². The second-order valence-corrected chi connectivity index (χ2v) is 27.7. The minimum Gasteiger partial charge on any atom is -0.374 e. The number of nitrogens with zero attached hydrogens (tertiary/aromatic N) is 4. The van der Waals surface area contributed by atoms with E-state index in [1.165, 1.54) is 166 Å². The average Bonchev–Trinajstić information content (AvgIpc) is 1.45. The first-order chi connectivity index (χ1) is 43.8. The fraction of sp³-hybridized carbons (Fsp3) is 0.119. The predicted octanol–water partition coefficient (Wildman–Crippen LogP) is 19.5. The summed E-state index contributed by atoms with van der Waals surface area (Å²) in [4.78, 5) is 5.21. The number of fused-ring (bicyclic) bond motifs is 13. The van der Waals surface area contributed by atoms with Crippen LogP contribution in [-0.2, 0) is 10.8 Å². The minimum atomic E-state index is -0.148. The molecule has 0 fully saturated rings. The van der Waals surface area contributed by atoms with Crippen LogP contribution in [0.1, 0.15) is 63.8 Å². The largest absolute Gasteiger partial charge is 0.374 e. The molecule has 12 aromatic carbocycles. The Morgan fingerprint density at radius 3 is 0.956 bits per heavy atom. The summed E-state index contributed by atoms with van der Waals surface area (Å²) in [6.07, 6.45) is 0. The van der Waals surface area contributed by atoms with Gasteiger partial charge in [-0.1, -0.05) is 236 Å². The Kier molecular flexibility index (Phi) is 11.2. The summed E-state index contributed by atoms with van der Waals surface area (Å²) >= 11 is 0. The van der Waals surface area contributed by atoms with Gasteiger partial charge in [0.05, 0.1) is 11.0 Å². The highest BCUT2D eigenvalue weighted by molar-refractivity contribution is 6.92. The Balaban J connectivity index is 0.932. The molecule has 0 unspecified atom stereocenters. The Morgan fingerprint density at radius 1 is 0.289 bits per heavy atom. The highest BCUT2D eigenvalue weighted by atomic mass is 15.2. The second kappa shape index (κ2) is 19.1. The van der Waals surface area contributed by atoms with Crippen LogP contribution >= 0.6 is 0 Å². The van der Waals surface area contributed by atoms with Crippen molar-refractivity contribution in [3.05, 3.63) is 277 Å². The highest BCUT2D eigenvalue weighted by Crippen LogP contribution is 2.53. The van der Waals surface area contributed by atoms with Crippen LogP contribution in [-0.4, -0.2) is 22.7 Å². The van der Waals surface area contributed by atoms with Crippen LogP contribution in [0, 0.1) is 13.8 Å². The van der Waals surface area contributed by atoms with Crippen LogP contribution in [0.3, 0.4) is 0 Å². The number of aromatic nitrogens is 2. The molecule has 4 aliphatic heterocycles. The van der Waals surface area contributed by atoms with E-state index in [0.717, 1.165) is 11.4 Å². The lowest BCUT2D eigenvalue weighted by Crippen LogP contribution is -2.57. The molecule has 0 aliphatic carbocycles. The van der Waals surface area contributed by atoms with Gasteiger partial charge in [0.2, 0.25) is 0 Å². The van der Waals surface area contributed by atoms with Crippen molar-refractivity contribution in [1.29, 1.82) is 0 Å². The van der Waals surface area contributed by atoms with Crippen LogP contribution in [0.25, 0.3) is 99.6 Å². The van der Waals surface area contributed by atoms with Crippen molar-refractivity contribution >= 4 is 103 Å². The molecule has 14 aromatic rings. The average molecular weight is 1150 g/mol. The van der Waals surface area contributed by atoms with Crippen molar-refractivity contribution in [2.75, 3.05) is 9.80 Å². The van der Waals surface area contributed by atoms with E-state index >= 15 is 0 Å². The monoisotopic (exact) mass is 1150 g/mol. The van der Waals surface area contributed by atoms with E-state index in [1.807, 2.05) is 0 Å². The zero-order chi connectivity index (χ0) is 60.6. The van der Waals surface area contributed by atoms with E-state index in [1.54, 1.807) is 0 Å². The Morgan fingerprint density at radius 2 is 0.622 bits per heavy atom. The summed E-state index contributed by atoms with van der Waals surface area (Å²) in [6.45, 7) is 18.6. The van der Waals surface area contributed by atoms with Crippen molar-refractivity contribution < 1.29 is 0 Å². The molecule has 4 aliphatic rings. The molecule has 0 N–H and O–H groups in total. The fourth-order valence-corrected chi connectivity index (χ4v) is 16.2. The third kappa shape index (κ3) is 7.57. The zero-order valence-corrected chi connectivity index (χ0v) is 52.2. The maximum absolute atomic E-state index is 2.83. The number of anilines is 6. The molecule has 2 aromatic heterocycles. The molecule has 0 bridgehead atoms. The summed E-state index contributed by atoms with van der Waals surface area (Å²) in [6, 6.07) is 97.0. The molecular weight excluding hydrogens is 1090 g/mol. The van der Waals surface area contributed by atoms with Crippen LogP contribution in [0.2, 0.25) is 0 Å². The zero-order valence-electron chi connectivity index (χ0n) is 52.2. The van der Waals surface area contributed by atoms with Gasteiger partial charge in [-0.3, -0.25) is 0 Å². The van der Waals surface area contributed by atoms with Gasteiger partial charge >= 0.3 is 13.7 Å². The van der Waals surface area contributed by atoms with Crippen LogP contribution < -0.4 is 31.7 Å². The van der Waals surface area contributed by atoms with Gasteiger partial charge in [-0.15, -0.1) is 0 Å². The van der Waals surface area contributed by atoms with Gasteiger partial charge < -0.3 is 18.8 Å². The standard InChI is InChI=1S/C84H66B2N4/c1-51-35-39-73-77-75(51)65-31-21-33-67-79(65)89(85(77)69-49-61(83(3,4)5)37-41-71(69)87(73)63-45-57(53-23-13-9-14-24-53)43-58(46-63)54-25-15-10-16-26-54)82-68-34-22-32-66-76-52(2)36-40-74-78(76)86(90(80(66)68)81(67)82)70-50-62(84(6,7)8)38-42-72(70)88(74)64-47-59(55-27-17-11-18-28-55)44-60(48-64)56-29-19-12-20-30-56/h9-50H,1-8H3. The van der Waals surface area contributed by atoms with Crippen LogP contribution in [0.15, 0.2) is 255 Å². The maximum Gasteiger partial charge on any atom is 0.333 e. The normalized spacial score (nSPS) is 13.5. The summed E-state index contributed by atoms with van der Waals surface area (Å²) in [5.74, 6) is 0. The lowest BCUT2D eigenvalue weighted by Gasteiger charge is -2.42. The molecule has 18 rings (SSSR count). The number of para-hydroxylation sites is 2. The van der Waals surface area contributed by atoms with Gasteiger partial charge in [-0.2, -0.15) is 0 Å². The topological polar surface area (TPSA) is 16.3 Å². The van der Waals surface area contributed by atoms with E-state index in [0.29, 0.717) is 0 Å². The molecule has 0 atom stereocenters. The third-order valence-corrected chi connectivity index (χ3v) is 20.4. The summed E-state index contributed by atoms with van der Waals surface area (Å²) < 4.78 is 5.66. The molecule has 0 amide bonds. The van der Waals surface area contributed by atoms with Gasteiger partial charge in [-0.05, 0) is 185 Å². The molecule has 4 nitrogen and oxygen atoms in total. The molecule has 90 heavy (non-hydrogen) atoms. The van der Waals surface area contributed by atoms with E-state index in [-0.39, 0.29) is 24.5 Å². The smallest absolute Gasteiger partial charge is 0.333 e. The number of rotatable bonds is 6. The molecular formula is C84H66B2N4. The minimum absolute atomic E-state index is 0.109. The molecule has 0 spiro atoms. The van der Waals surface area contributed by atoms with E-state index in [4.69, 9.17) is 0 Å². The van der Waals surface area contributed by atoms with Crippen molar-refractivity contribution in [3.63, 3.8) is 0 Å². The fourth-order valence-electron chi connectivity index (χ4n) is 16.2. The SMILES string of the molecule is Cc1ccc2c3c1-c1cccc4c1n(c1c5cccc6c5n(c41)B1c4cc(C(C)(C)C)ccc4N(c4cc(-c5ccccc5)cc(-c5ccccc5)c4)c4ccc(C)c-6c41)B3c1cc(C(C)(C)C)ccc1N2c1cc(-c2ccccc2)cc(-c2ccccc2)c1. The molecule has 0 saturated carbocycles. The van der Waals surface area contributed by atoms with Gasteiger partial charge in [0.15, 0.2) is 0 Å². The van der Waals surface area contributed by atoms with Gasteiger partial charge in [0, 0.05) is 67.1 Å². The van der Waals surface area contributed by atoms with E-state index in [9.17, 15) is 0 Å². The quantitative estimate of drug-likeness (QED) is 0.154. The summed E-state index contributed by atoms with van der Waals surface area (Å²) in [5.41, 5.74) is 37.5.